The first-order valence-electron chi connectivity index (χ1n) is 9.71. The molecule has 2 aromatic heterocycles. The third-order valence-electron chi connectivity index (χ3n) is 5.01. The van der Waals surface area contributed by atoms with Crippen LogP contribution in [0.15, 0.2) is 0 Å². The average molecular weight is 505 g/mol. The Morgan fingerprint density at radius 2 is 2.06 bits per heavy atom. The van der Waals surface area contributed by atoms with Crippen molar-refractivity contribution in [3.63, 3.8) is 0 Å². The van der Waals surface area contributed by atoms with Crippen LogP contribution in [-0.4, -0.2) is 71.9 Å². The van der Waals surface area contributed by atoms with Gasteiger partial charge in [0, 0.05) is 25.9 Å². The van der Waals surface area contributed by atoms with E-state index in [1.807, 2.05) is 4.90 Å². The maximum absolute atomic E-state index is 12.7. The summed E-state index contributed by atoms with van der Waals surface area (Å²) in [6.45, 7) is 4.26. The van der Waals surface area contributed by atoms with Gasteiger partial charge in [0.15, 0.2) is 10.8 Å². The Morgan fingerprint density at radius 3 is 2.62 bits per heavy atom. The molecule has 0 aromatic carbocycles. The first-order chi connectivity index (χ1) is 15.2. The van der Waals surface area contributed by atoms with Gasteiger partial charge in [-0.15, -0.1) is 0 Å². The highest BCUT2D eigenvalue weighted by Crippen LogP contribution is 2.31. The number of amides is 1. The van der Waals surface area contributed by atoms with Crippen LogP contribution in [0.5, 0.6) is 0 Å². The van der Waals surface area contributed by atoms with Gasteiger partial charge in [0.1, 0.15) is 10.6 Å². The summed E-state index contributed by atoms with van der Waals surface area (Å²) in [5, 5.41) is 13.1. The molecule has 174 valence electrons. The van der Waals surface area contributed by atoms with Crippen LogP contribution >= 0.6 is 34.5 Å². The predicted octanol–water partition coefficient (Wildman–Crippen LogP) is 2.99. The van der Waals surface area contributed by atoms with Crippen molar-refractivity contribution in [3.8, 4) is 0 Å². The average Bonchev–Trinajstić information content (AvgIpc) is 3.32. The molecule has 2 unspecified atom stereocenters. The molecule has 2 aromatic rings. The lowest BCUT2D eigenvalue weighted by Crippen LogP contribution is -2.55. The van der Waals surface area contributed by atoms with E-state index in [1.54, 1.807) is 13.8 Å². The normalized spacial score (nSPS) is 18.5. The van der Waals surface area contributed by atoms with Crippen molar-refractivity contribution in [2.24, 2.45) is 0 Å². The summed E-state index contributed by atoms with van der Waals surface area (Å²) in [6.07, 6.45) is 0.0765. The van der Waals surface area contributed by atoms with E-state index in [0.29, 0.717) is 35.4 Å². The number of aromatic amines is 1. The predicted molar refractivity (Wildman–Crippen MR) is 119 cm³/mol. The zero-order valence-corrected chi connectivity index (χ0v) is 19.9. The Morgan fingerprint density at radius 1 is 1.34 bits per heavy atom. The number of carbonyl (C=O) groups excluding carboxylic acids is 2. The zero-order valence-electron chi connectivity index (χ0n) is 17.5. The number of methoxy groups -OCH3 is 1. The van der Waals surface area contributed by atoms with Crippen molar-refractivity contribution in [2.75, 3.05) is 31.7 Å². The first-order valence-corrected chi connectivity index (χ1v) is 11.3. The summed E-state index contributed by atoms with van der Waals surface area (Å²) < 4.78 is 10.5. The number of piperidine rings is 1. The lowest BCUT2D eigenvalue weighted by molar-refractivity contribution is 0.0519. The molecule has 3 heterocycles. The highest BCUT2D eigenvalue weighted by atomic mass is 35.5. The van der Waals surface area contributed by atoms with Gasteiger partial charge >= 0.3 is 11.9 Å². The lowest BCUT2D eigenvalue weighted by atomic mass is 10.0. The molecule has 3 rings (SSSR count). The molecule has 3 N–H and O–H groups in total. The Kier molecular flexibility index (Phi) is 7.65. The minimum absolute atomic E-state index is 0.0626. The number of aromatic nitrogens is 2. The van der Waals surface area contributed by atoms with Gasteiger partial charge in [0.2, 0.25) is 0 Å². The first kappa shape index (κ1) is 24.3. The molecule has 2 atom stereocenters. The SMILES string of the molecule is CCOC(=O)c1sc(N2CCC(NC(=O)c3[nH]c(C)c(Cl)c3Cl)C(OC)C2)nc1C(=O)O. The highest BCUT2D eigenvalue weighted by Gasteiger charge is 2.34. The molecule has 1 saturated heterocycles. The lowest BCUT2D eigenvalue weighted by Gasteiger charge is -2.37. The van der Waals surface area contributed by atoms with E-state index in [9.17, 15) is 19.5 Å². The van der Waals surface area contributed by atoms with Crippen LogP contribution in [0.3, 0.4) is 0 Å². The molecular formula is C19H22Cl2N4O6S. The largest absolute Gasteiger partial charge is 0.476 e. The number of ether oxygens (including phenoxy) is 2. The summed E-state index contributed by atoms with van der Waals surface area (Å²) >= 11 is 13.1. The number of carboxylic acid groups (broad SMARTS) is 1. The molecule has 32 heavy (non-hydrogen) atoms. The standard InChI is InChI=1S/C19H22Cl2N4O6S/c1-4-31-18(29)15-14(17(27)28)24-19(32-15)25-6-5-9(10(7-25)30-3)23-16(26)13-12(21)11(20)8(2)22-13/h9-10,22H,4-7H2,1-3H3,(H,23,26)(H,27,28). The number of anilines is 1. The van der Waals surface area contributed by atoms with E-state index in [-0.39, 0.29) is 33.9 Å². The van der Waals surface area contributed by atoms with Gasteiger partial charge in [0.05, 0.1) is 28.8 Å². The van der Waals surface area contributed by atoms with Gasteiger partial charge in [-0.1, -0.05) is 34.5 Å². The fraction of sp³-hybridized carbons (Fsp3) is 0.474. The molecule has 10 nitrogen and oxygen atoms in total. The Labute approximate surface area is 197 Å². The van der Waals surface area contributed by atoms with Crippen LogP contribution in [0.1, 0.15) is 49.7 Å². The molecule has 13 heteroatoms. The Bertz CT molecular complexity index is 1040. The van der Waals surface area contributed by atoms with E-state index in [4.69, 9.17) is 32.7 Å². The molecule has 0 aliphatic carbocycles. The molecule has 0 radical (unpaired) electrons. The van der Waals surface area contributed by atoms with Crippen molar-refractivity contribution < 1.29 is 29.0 Å². The summed E-state index contributed by atoms with van der Waals surface area (Å²) in [7, 11) is 1.52. The van der Waals surface area contributed by atoms with Crippen LogP contribution in [0.4, 0.5) is 5.13 Å². The number of nitrogens with zero attached hydrogens (tertiary/aromatic N) is 2. The number of thiazole rings is 1. The smallest absolute Gasteiger partial charge is 0.356 e. The van der Waals surface area contributed by atoms with Gasteiger partial charge in [0.25, 0.3) is 5.91 Å². The summed E-state index contributed by atoms with van der Waals surface area (Å²) in [5.74, 6) is -2.44. The molecular weight excluding hydrogens is 483 g/mol. The number of H-pyrrole nitrogens is 1. The van der Waals surface area contributed by atoms with Crippen LogP contribution in [0.25, 0.3) is 0 Å². The summed E-state index contributed by atoms with van der Waals surface area (Å²) in [5.41, 5.74) is 0.424. The van der Waals surface area contributed by atoms with Crippen LogP contribution in [0.2, 0.25) is 10.0 Å². The summed E-state index contributed by atoms with van der Waals surface area (Å²) in [6, 6.07) is -0.328. The number of halogens is 2. The zero-order chi connectivity index (χ0) is 23.6. The van der Waals surface area contributed by atoms with Crippen LogP contribution in [0, 0.1) is 6.92 Å². The molecule has 1 amide bonds. The fourth-order valence-electron chi connectivity index (χ4n) is 3.39. The maximum Gasteiger partial charge on any atom is 0.356 e. The molecule has 0 saturated carbocycles. The molecule has 1 aliphatic rings. The minimum atomic E-state index is -1.31. The molecule has 1 fully saturated rings. The summed E-state index contributed by atoms with van der Waals surface area (Å²) in [4.78, 5) is 45.1. The Hall–Kier alpha value is -2.34. The van der Waals surface area contributed by atoms with Gasteiger partial charge in [-0.05, 0) is 20.3 Å². The third kappa shape index (κ3) is 4.85. The molecule has 0 bridgehead atoms. The van der Waals surface area contributed by atoms with E-state index < -0.39 is 23.9 Å². The molecule has 0 spiro atoms. The molecule has 1 aliphatic heterocycles. The van der Waals surface area contributed by atoms with Crippen molar-refractivity contribution in [2.45, 2.75) is 32.4 Å². The second-order valence-corrected chi connectivity index (χ2v) is 8.78. The minimum Gasteiger partial charge on any atom is -0.476 e. The van der Waals surface area contributed by atoms with E-state index in [0.717, 1.165) is 11.3 Å². The monoisotopic (exact) mass is 504 g/mol. The van der Waals surface area contributed by atoms with Crippen molar-refractivity contribution in [3.05, 3.63) is 32.0 Å². The highest BCUT2D eigenvalue weighted by molar-refractivity contribution is 7.17. The van der Waals surface area contributed by atoms with Crippen molar-refractivity contribution >= 4 is 57.5 Å². The number of carboxylic acids is 1. The number of carbonyl (C=O) groups is 3. The van der Waals surface area contributed by atoms with E-state index in [2.05, 4.69) is 15.3 Å². The maximum atomic E-state index is 12.7. The van der Waals surface area contributed by atoms with E-state index in [1.165, 1.54) is 7.11 Å². The van der Waals surface area contributed by atoms with Crippen LogP contribution in [-0.2, 0) is 9.47 Å². The number of hydrogen-bond donors (Lipinski definition) is 3. The number of aromatic carboxylic acids is 1. The Balaban J connectivity index is 1.75. The third-order valence-corrected chi connectivity index (χ3v) is 7.05. The van der Waals surface area contributed by atoms with Gasteiger partial charge in [-0.25, -0.2) is 14.6 Å². The van der Waals surface area contributed by atoms with E-state index >= 15 is 0 Å². The number of rotatable bonds is 7. The number of esters is 1. The number of hydrogen-bond acceptors (Lipinski definition) is 8. The van der Waals surface area contributed by atoms with Crippen molar-refractivity contribution in [1.82, 2.24) is 15.3 Å². The van der Waals surface area contributed by atoms with Gasteiger partial charge in [-0.3, -0.25) is 4.79 Å². The fourth-order valence-corrected chi connectivity index (χ4v) is 4.79. The number of nitrogens with one attached hydrogen (secondary N) is 2. The van der Waals surface area contributed by atoms with Gasteiger partial charge < -0.3 is 29.8 Å². The van der Waals surface area contributed by atoms with Crippen molar-refractivity contribution in [1.29, 1.82) is 0 Å². The van der Waals surface area contributed by atoms with Gasteiger partial charge in [-0.2, -0.15) is 0 Å². The topological polar surface area (TPSA) is 134 Å². The second-order valence-electron chi connectivity index (χ2n) is 7.04. The number of aryl methyl sites for hydroxylation is 1. The van der Waals surface area contributed by atoms with Crippen LogP contribution < -0.4 is 10.2 Å². The second kappa shape index (κ2) is 10.1. The quantitative estimate of drug-likeness (QED) is 0.489.